The second-order valence-corrected chi connectivity index (χ2v) is 9.29. The minimum atomic E-state index is 0.944. The molecule has 0 radical (unpaired) electrons. The Hall–Kier alpha value is -4.18. The van der Waals surface area contributed by atoms with Crippen molar-refractivity contribution in [3.8, 4) is 0 Å². The zero-order valence-electron chi connectivity index (χ0n) is 21.8. The summed E-state index contributed by atoms with van der Waals surface area (Å²) in [6.07, 6.45) is 16.9. The molecule has 0 saturated carbocycles. The Morgan fingerprint density at radius 1 is 0.472 bits per heavy atom. The molecule has 36 heavy (non-hydrogen) atoms. The van der Waals surface area contributed by atoms with E-state index in [1.54, 1.807) is 0 Å². The van der Waals surface area contributed by atoms with Gasteiger partial charge in [-0.3, -0.25) is 0 Å². The van der Waals surface area contributed by atoms with Gasteiger partial charge in [0.1, 0.15) is 14.1 Å². The van der Waals surface area contributed by atoms with Gasteiger partial charge in [-0.2, -0.15) is 0 Å². The third-order valence-electron chi connectivity index (χ3n) is 6.38. The Morgan fingerprint density at radius 2 is 0.750 bits per heavy atom. The SMILES string of the molecule is CN(CCN(C)c1ccc(/C=C/c2cc[n+](C)cc2)cc1)c1ccc(/C=C/c2cc[n+](C)cc2)cc1. The van der Waals surface area contributed by atoms with Crippen LogP contribution in [0, 0.1) is 0 Å². The molecule has 4 rings (SSSR count). The summed E-state index contributed by atoms with van der Waals surface area (Å²) < 4.78 is 4.08. The molecule has 0 saturated heterocycles. The van der Waals surface area contributed by atoms with E-state index < -0.39 is 0 Å². The standard InChI is InChI=1S/C32H36N4/c1-33-21-17-29(18-22-33)7-5-27-9-13-31(14-10-27)35(3)25-26-36(4)32-15-11-28(12-16-32)6-8-30-19-23-34(2)24-20-30/h5-24H,25-26H2,1-4H3/q+2. The molecule has 0 unspecified atom stereocenters. The first kappa shape index (κ1) is 24.9. The number of likely N-dealkylation sites (N-methyl/N-ethyl adjacent to an activating group) is 2. The van der Waals surface area contributed by atoms with E-state index in [-0.39, 0.29) is 0 Å². The van der Waals surface area contributed by atoms with Crippen LogP contribution in [0.2, 0.25) is 0 Å². The molecule has 2 heterocycles. The second-order valence-electron chi connectivity index (χ2n) is 9.29. The highest BCUT2D eigenvalue weighted by molar-refractivity contribution is 5.71. The molecule has 0 aliphatic carbocycles. The molecule has 0 spiro atoms. The van der Waals surface area contributed by atoms with Gasteiger partial charge in [-0.15, -0.1) is 0 Å². The molecule has 0 amide bonds. The maximum absolute atomic E-state index is 2.30. The third-order valence-corrected chi connectivity index (χ3v) is 6.38. The number of benzene rings is 2. The third kappa shape index (κ3) is 7.16. The lowest BCUT2D eigenvalue weighted by molar-refractivity contribution is -0.671. The van der Waals surface area contributed by atoms with Crippen LogP contribution in [0.15, 0.2) is 97.6 Å². The van der Waals surface area contributed by atoms with E-state index in [0.29, 0.717) is 0 Å². The summed E-state index contributed by atoms with van der Waals surface area (Å²) in [6, 6.07) is 25.9. The predicted molar refractivity (Wildman–Crippen MR) is 153 cm³/mol. The van der Waals surface area contributed by atoms with Gasteiger partial charge >= 0.3 is 0 Å². The number of hydrogen-bond donors (Lipinski definition) is 0. The quantitative estimate of drug-likeness (QED) is 0.306. The van der Waals surface area contributed by atoms with E-state index in [1.807, 2.05) is 23.2 Å². The van der Waals surface area contributed by atoms with Gasteiger partial charge in [0.2, 0.25) is 0 Å². The van der Waals surface area contributed by atoms with E-state index in [0.717, 1.165) is 13.1 Å². The summed E-state index contributed by atoms with van der Waals surface area (Å²) in [7, 11) is 8.37. The number of aromatic nitrogens is 2. The normalized spacial score (nSPS) is 11.3. The lowest BCUT2D eigenvalue weighted by Gasteiger charge is -2.25. The van der Waals surface area contributed by atoms with Crippen LogP contribution in [0.25, 0.3) is 24.3 Å². The van der Waals surface area contributed by atoms with Crippen LogP contribution in [0.5, 0.6) is 0 Å². The van der Waals surface area contributed by atoms with Crippen LogP contribution in [-0.2, 0) is 14.1 Å². The zero-order chi connectivity index (χ0) is 25.3. The van der Waals surface area contributed by atoms with Gasteiger partial charge in [-0.05, 0) is 46.5 Å². The summed E-state index contributed by atoms with van der Waals surface area (Å²) in [4.78, 5) is 4.61. The van der Waals surface area contributed by atoms with Gasteiger partial charge in [0, 0.05) is 62.8 Å². The molecule has 0 atom stereocenters. The molecule has 4 heteroatoms. The number of aryl methyl sites for hydroxylation is 2. The van der Waals surface area contributed by atoms with Crippen molar-refractivity contribution >= 4 is 35.7 Å². The summed E-state index contributed by atoms with van der Waals surface area (Å²) >= 11 is 0. The lowest BCUT2D eigenvalue weighted by Crippen LogP contribution is -2.30. The summed E-state index contributed by atoms with van der Waals surface area (Å²) in [6.45, 7) is 1.89. The van der Waals surface area contributed by atoms with Crippen molar-refractivity contribution in [3.05, 3.63) is 120 Å². The molecule has 0 fully saturated rings. The van der Waals surface area contributed by atoms with Crippen molar-refractivity contribution in [1.82, 2.24) is 0 Å². The van der Waals surface area contributed by atoms with E-state index in [9.17, 15) is 0 Å². The fourth-order valence-electron chi connectivity index (χ4n) is 3.87. The van der Waals surface area contributed by atoms with Crippen LogP contribution >= 0.6 is 0 Å². The van der Waals surface area contributed by atoms with E-state index in [2.05, 4.69) is 146 Å². The van der Waals surface area contributed by atoms with Gasteiger partial charge in [-0.25, -0.2) is 9.13 Å². The highest BCUT2D eigenvalue weighted by Crippen LogP contribution is 2.18. The average molecular weight is 477 g/mol. The van der Waals surface area contributed by atoms with E-state index in [4.69, 9.17) is 0 Å². The van der Waals surface area contributed by atoms with Crippen LogP contribution in [0.1, 0.15) is 22.3 Å². The molecule has 182 valence electrons. The van der Waals surface area contributed by atoms with Gasteiger partial charge in [-0.1, -0.05) is 48.6 Å². The highest BCUT2D eigenvalue weighted by Gasteiger charge is 2.05. The number of anilines is 2. The molecular formula is C32H36N4+2. The zero-order valence-corrected chi connectivity index (χ0v) is 21.8. The summed E-state index contributed by atoms with van der Waals surface area (Å²) in [5.41, 5.74) is 7.25. The Labute approximate surface area is 215 Å². The fourth-order valence-corrected chi connectivity index (χ4v) is 3.87. The minimum Gasteiger partial charge on any atom is -0.373 e. The first-order valence-corrected chi connectivity index (χ1v) is 12.4. The summed E-state index contributed by atoms with van der Waals surface area (Å²) in [5.74, 6) is 0. The largest absolute Gasteiger partial charge is 0.373 e. The Bertz CT molecular complexity index is 1180. The monoisotopic (exact) mass is 476 g/mol. The molecule has 0 N–H and O–H groups in total. The molecule has 2 aromatic heterocycles. The van der Waals surface area contributed by atoms with E-state index >= 15 is 0 Å². The maximum Gasteiger partial charge on any atom is 0.169 e. The van der Waals surface area contributed by atoms with Crippen molar-refractivity contribution in [2.45, 2.75) is 0 Å². The Morgan fingerprint density at radius 3 is 1.06 bits per heavy atom. The molecular weight excluding hydrogens is 440 g/mol. The van der Waals surface area contributed by atoms with Gasteiger partial charge in [0.25, 0.3) is 0 Å². The number of nitrogens with zero attached hydrogens (tertiary/aromatic N) is 4. The van der Waals surface area contributed by atoms with Gasteiger partial charge < -0.3 is 9.80 Å². The van der Waals surface area contributed by atoms with Crippen molar-refractivity contribution in [3.63, 3.8) is 0 Å². The Kier molecular flexibility index (Phi) is 8.30. The molecule has 0 aliphatic heterocycles. The maximum atomic E-state index is 2.30. The van der Waals surface area contributed by atoms with Crippen LogP contribution in [0.4, 0.5) is 11.4 Å². The molecule has 4 nitrogen and oxygen atoms in total. The first-order valence-electron chi connectivity index (χ1n) is 12.4. The van der Waals surface area contributed by atoms with Crippen molar-refractivity contribution in [2.24, 2.45) is 14.1 Å². The molecule has 0 bridgehead atoms. The topological polar surface area (TPSA) is 14.2 Å². The second kappa shape index (κ2) is 12.0. The highest BCUT2D eigenvalue weighted by atomic mass is 15.2. The molecule has 2 aromatic carbocycles. The smallest absolute Gasteiger partial charge is 0.169 e. The fraction of sp³-hybridized carbons (Fsp3) is 0.188. The number of rotatable bonds is 9. The van der Waals surface area contributed by atoms with Crippen LogP contribution in [0.3, 0.4) is 0 Å². The predicted octanol–water partition coefficient (Wildman–Crippen LogP) is 5.25. The number of hydrogen-bond acceptors (Lipinski definition) is 2. The van der Waals surface area contributed by atoms with Crippen LogP contribution in [-0.4, -0.2) is 27.2 Å². The minimum absolute atomic E-state index is 0.944. The van der Waals surface area contributed by atoms with E-state index in [1.165, 1.54) is 33.6 Å². The van der Waals surface area contributed by atoms with Crippen molar-refractivity contribution in [1.29, 1.82) is 0 Å². The number of pyridine rings is 2. The first-order chi connectivity index (χ1) is 17.5. The van der Waals surface area contributed by atoms with Gasteiger partial charge in [0.05, 0.1) is 0 Å². The Balaban J connectivity index is 1.27. The molecule has 0 aliphatic rings. The van der Waals surface area contributed by atoms with Crippen LogP contribution < -0.4 is 18.9 Å². The summed E-state index contributed by atoms with van der Waals surface area (Å²) in [5, 5.41) is 0. The van der Waals surface area contributed by atoms with Crippen molar-refractivity contribution in [2.75, 3.05) is 37.0 Å². The average Bonchev–Trinajstić information content (AvgIpc) is 2.91. The lowest BCUT2D eigenvalue weighted by atomic mass is 10.1. The van der Waals surface area contributed by atoms with Gasteiger partial charge in [0.15, 0.2) is 24.8 Å². The molecule has 4 aromatic rings. The van der Waals surface area contributed by atoms with Crippen molar-refractivity contribution < 1.29 is 9.13 Å².